The van der Waals surface area contributed by atoms with E-state index in [9.17, 15) is 18.0 Å². The first kappa shape index (κ1) is 24.5. The molecule has 0 radical (unpaired) electrons. The van der Waals surface area contributed by atoms with E-state index < -0.39 is 23.4 Å². The predicted octanol–water partition coefficient (Wildman–Crippen LogP) is 4.72. The summed E-state index contributed by atoms with van der Waals surface area (Å²) in [5.41, 5.74) is 0.390. The summed E-state index contributed by atoms with van der Waals surface area (Å²) in [5, 5.41) is 11.2. The lowest BCUT2D eigenvalue weighted by Crippen LogP contribution is -2.42. The molecule has 2 atom stereocenters. The van der Waals surface area contributed by atoms with Gasteiger partial charge in [0.05, 0.1) is 22.2 Å². The van der Waals surface area contributed by atoms with Gasteiger partial charge in [0.2, 0.25) is 5.91 Å². The van der Waals surface area contributed by atoms with Crippen molar-refractivity contribution in [3.05, 3.63) is 59.0 Å². The van der Waals surface area contributed by atoms with Crippen molar-refractivity contribution in [3.63, 3.8) is 0 Å². The normalized spacial score (nSPS) is 17.0. The number of hydrogen-bond donors (Lipinski definition) is 2. The Kier molecular flexibility index (Phi) is 6.87. The first-order valence-electron chi connectivity index (χ1n) is 11.1. The molecule has 1 saturated carbocycles. The quantitative estimate of drug-likeness (QED) is 0.452. The Labute approximate surface area is 200 Å². The van der Waals surface area contributed by atoms with Gasteiger partial charge in [-0.2, -0.15) is 18.3 Å². The van der Waals surface area contributed by atoms with Crippen molar-refractivity contribution in [2.24, 2.45) is 5.41 Å². The van der Waals surface area contributed by atoms with Crippen molar-refractivity contribution in [2.45, 2.75) is 43.8 Å². The monoisotopic (exact) mass is 493 g/mol. The molecule has 1 aliphatic carbocycles. The number of carbonyl (C=O) groups excluding carboxylic acids is 1. The van der Waals surface area contributed by atoms with Crippen LogP contribution in [-0.4, -0.2) is 58.8 Å². The van der Waals surface area contributed by atoms with E-state index in [2.05, 4.69) is 20.5 Å². The van der Waals surface area contributed by atoms with E-state index in [-0.39, 0.29) is 31.8 Å². The number of hydrogen-bond acceptors (Lipinski definition) is 4. The molecule has 0 bridgehead atoms. The van der Waals surface area contributed by atoms with Gasteiger partial charge in [0, 0.05) is 42.7 Å². The van der Waals surface area contributed by atoms with Gasteiger partial charge in [-0.1, -0.05) is 17.7 Å². The van der Waals surface area contributed by atoms with Crippen LogP contribution >= 0.6 is 11.6 Å². The molecule has 10 heteroatoms. The molecule has 0 spiro atoms. The van der Waals surface area contributed by atoms with Gasteiger partial charge in [-0.25, -0.2) is 0 Å². The molecule has 4 rings (SSSR count). The topological polar surface area (TPSA) is 73.9 Å². The Morgan fingerprint density at radius 3 is 2.56 bits per heavy atom. The fraction of sp³-hybridized carbons (Fsp3) is 0.458. The largest absolute Gasteiger partial charge is 0.395 e. The summed E-state index contributed by atoms with van der Waals surface area (Å²) < 4.78 is 41.7. The summed E-state index contributed by atoms with van der Waals surface area (Å²) in [6.07, 6.45) is 0.638. The highest BCUT2D eigenvalue weighted by molar-refractivity contribution is 6.36. The Morgan fingerprint density at radius 2 is 1.94 bits per heavy atom. The lowest BCUT2D eigenvalue weighted by atomic mass is 9.80. The molecule has 6 nitrogen and oxygen atoms in total. The van der Waals surface area contributed by atoms with E-state index >= 15 is 0 Å². The molecule has 1 aliphatic rings. The molecule has 1 fully saturated rings. The fourth-order valence-corrected chi connectivity index (χ4v) is 4.85. The van der Waals surface area contributed by atoms with E-state index in [4.69, 9.17) is 11.6 Å². The summed E-state index contributed by atoms with van der Waals surface area (Å²) >= 11 is 6.55. The number of pyridine rings is 1. The van der Waals surface area contributed by atoms with E-state index in [0.29, 0.717) is 17.0 Å². The second-order valence-electron chi connectivity index (χ2n) is 9.19. The van der Waals surface area contributed by atoms with Crippen molar-refractivity contribution in [1.29, 1.82) is 0 Å². The maximum absolute atomic E-state index is 13.9. The number of aromatic nitrogens is 3. The van der Waals surface area contributed by atoms with E-state index in [0.717, 1.165) is 16.5 Å². The lowest BCUT2D eigenvalue weighted by molar-refractivity contribution is -0.194. The first-order valence-corrected chi connectivity index (χ1v) is 11.5. The highest BCUT2D eigenvalue weighted by atomic mass is 35.5. The van der Waals surface area contributed by atoms with Crippen molar-refractivity contribution in [1.82, 2.24) is 25.4 Å². The number of alkyl halides is 3. The van der Waals surface area contributed by atoms with Crippen LogP contribution in [0.5, 0.6) is 0 Å². The van der Waals surface area contributed by atoms with Crippen molar-refractivity contribution in [2.75, 3.05) is 20.6 Å². The highest BCUT2D eigenvalue weighted by Gasteiger charge is 2.67. The van der Waals surface area contributed by atoms with Gasteiger partial charge in [0.1, 0.15) is 0 Å². The molecule has 2 aromatic heterocycles. The maximum atomic E-state index is 13.9. The molecule has 2 N–H and O–H groups in total. The van der Waals surface area contributed by atoms with E-state index in [1.165, 1.54) is 12.4 Å². The minimum atomic E-state index is -4.37. The Morgan fingerprint density at radius 1 is 1.24 bits per heavy atom. The van der Waals surface area contributed by atoms with Crippen LogP contribution in [0.4, 0.5) is 13.2 Å². The number of fused-ring (bicyclic) bond motifs is 1. The van der Waals surface area contributed by atoms with Gasteiger partial charge >= 0.3 is 6.18 Å². The van der Waals surface area contributed by atoms with Gasteiger partial charge < -0.3 is 10.2 Å². The van der Waals surface area contributed by atoms with Gasteiger partial charge in [0.25, 0.3) is 0 Å². The number of nitrogens with one attached hydrogen (secondary N) is 2. The minimum Gasteiger partial charge on any atom is -0.355 e. The van der Waals surface area contributed by atoms with Crippen LogP contribution in [0.1, 0.15) is 36.3 Å². The molecule has 1 aromatic carbocycles. The van der Waals surface area contributed by atoms with Gasteiger partial charge in [0.15, 0.2) is 0 Å². The number of benzene rings is 1. The Hall–Kier alpha value is -2.65. The molecule has 0 saturated heterocycles. The van der Waals surface area contributed by atoms with Crippen LogP contribution in [0.3, 0.4) is 0 Å². The lowest BCUT2D eigenvalue weighted by Gasteiger charge is -2.30. The number of H-pyrrole nitrogens is 1. The second kappa shape index (κ2) is 9.54. The number of rotatable bonds is 9. The molecule has 182 valence electrons. The average molecular weight is 494 g/mol. The summed E-state index contributed by atoms with van der Waals surface area (Å²) in [5.74, 6) is -1.34. The molecule has 2 heterocycles. The molecular weight excluding hydrogens is 467 g/mol. The van der Waals surface area contributed by atoms with Crippen LogP contribution in [0, 0.1) is 5.41 Å². The van der Waals surface area contributed by atoms with Crippen LogP contribution in [-0.2, 0) is 11.2 Å². The summed E-state index contributed by atoms with van der Waals surface area (Å²) in [4.78, 5) is 18.7. The second-order valence-corrected chi connectivity index (χ2v) is 9.56. The molecular formula is C24H27ClF3N5O. The number of carbonyl (C=O) groups is 1. The SMILES string of the molecule is CN(C)C(CNC(=O)CC(c1ccncc1)C1(C(F)(F)F)CC1)Cc1ccc2[nH]ncc2c1Cl. The molecule has 0 aliphatic heterocycles. The number of nitrogens with zero attached hydrogens (tertiary/aromatic N) is 3. The average Bonchev–Trinajstić information content (AvgIpc) is 3.47. The zero-order chi connectivity index (χ0) is 24.5. The van der Waals surface area contributed by atoms with Crippen LogP contribution < -0.4 is 5.32 Å². The van der Waals surface area contributed by atoms with Gasteiger partial charge in [-0.3, -0.25) is 14.9 Å². The molecule has 3 aromatic rings. The van der Waals surface area contributed by atoms with Crippen LogP contribution in [0.25, 0.3) is 10.9 Å². The Bertz CT molecular complexity index is 1140. The molecule has 1 amide bonds. The third-order valence-corrected chi connectivity index (χ3v) is 7.32. The minimum absolute atomic E-state index is 0.0338. The highest BCUT2D eigenvalue weighted by Crippen LogP contribution is 2.66. The zero-order valence-corrected chi connectivity index (χ0v) is 19.7. The molecule has 34 heavy (non-hydrogen) atoms. The van der Waals surface area contributed by atoms with Gasteiger partial charge in [-0.15, -0.1) is 0 Å². The smallest absolute Gasteiger partial charge is 0.355 e. The predicted molar refractivity (Wildman–Crippen MR) is 125 cm³/mol. The third kappa shape index (κ3) is 4.90. The third-order valence-electron chi connectivity index (χ3n) is 6.88. The van der Waals surface area contributed by atoms with Crippen molar-refractivity contribution in [3.8, 4) is 0 Å². The van der Waals surface area contributed by atoms with Gasteiger partial charge in [-0.05, 0) is 62.7 Å². The van der Waals surface area contributed by atoms with E-state index in [1.54, 1.807) is 18.3 Å². The summed E-state index contributed by atoms with van der Waals surface area (Å²) in [6.45, 7) is 0.285. The standard InChI is InChI=1S/C24H27ClF3N5O/c1-33(2)17(11-16-3-4-20-18(22(16)25)14-31-32-20)13-30-21(34)12-19(15-5-9-29-10-6-15)23(7-8-23)24(26,27)28/h3-6,9-10,14,17,19H,7-8,11-13H2,1-2H3,(H,30,34)(H,31,32). The maximum Gasteiger partial charge on any atom is 0.395 e. The van der Waals surface area contributed by atoms with E-state index in [1.807, 2.05) is 31.1 Å². The van der Waals surface area contributed by atoms with Crippen LogP contribution in [0.2, 0.25) is 5.02 Å². The number of aromatic amines is 1. The molecule has 2 unspecified atom stereocenters. The Balaban J connectivity index is 1.45. The number of likely N-dealkylation sites (N-methyl/N-ethyl adjacent to an activating group) is 1. The van der Waals surface area contributed by atoms with Crippen molar-refractivity contribution < 1.29 is 18.0 Å². The summed E-state index contributed by atoms with van der Waals surface area (Å²) in [6, 6.07) is 6.87. The fourth-order valence-electron chi connectivity index (χ4n) is 4.56. The zero-order valence-electron chi connectivity index (χ0n) is 19.0. The number of amides is 1. The first-order chi connectivity index (χ1) is 16.1. The number of halogens is 4. The van der Waals surface area contributed by atoms with Crippen molar-refractivity contribution >= 4 is 28.4 Å². The van der Waals surface area contributed by atoms with Crippen LogP contribution in [0.15, 0.2) is 42.9 Å². The summed E-state index contributed by atoms with van der Waals surface area (Å²) in [7, 11) is 3.79.